The lowest BCUT2D eigenvalue weighted by molar-refractivity contribution is -0.137. The minimum atomic E-state index is -4.46. The van der Waals surface area contributed by atoms with E-state index in [1.807, 2.05) is 14.0 Å². The number of aromatic nitrogens is 6. The molecule has 13 heteroatoms. The van der Waals surface area contributed by atoms with E-state index < -0.39 is 11.7 Å². The Balaban J connectivity index is 1.32. The van der Waals surface area contributed by atoms with Crippen molar-refractivity contribution in [1.29, 1.82) is 0 Å². The number of imidazole rings is 1. The number of piperidine rings is 1. The number of halogens is 3. The highest BCUT2D eigenvalue weighted by Gasteiger charge is 2.32. The number of alkyl halides is 3. The first kappa shape index (κ1) is 26.8. The zero-order valence-corrected chi connectivity index (χ0v) is 23.1. The van der Waals surface area contributed by atoms with Crippen molar-refractivity contribution in [3.8, 4) is 11.5 Å². The highest BCUT2D eigenvalue weighted by Crippen LogP contribution is 2.38. The highest BCUT2D eigenvalue weighted by atomic mass is 19.4. The Morgan fingerprint density at radius 1 is 1.00 bits per heavy atom. The molecule has 1 aromatic carbocycles. The van der Waals surface area contributed by atoms with Gasteiger partial charge in [0.2, 0.25) is 5.95 Å². The van der Waals surface area contributed by atoms with Crippen LogP contribution in [-0.4, -0.2) is 61.2 Å². The van der Waals surface area contributed by atoms with E-state index >= 15 is 0 Å². The van der Waals surface area contributed by atoms with E-state index in [4.69, 9.17) is 4.74 Å². The fraction of sp³-hybridized carbons (Fsp3) is 0.357. The zero-order valence-electron chi connectivity index (χ0n) is 23.1. The van der Waals surface area contributed by atoms with Crippen LogP contribution in [0.5, 0.6) is 11.5 Å². The molecule has 4 aromatic heterocycles. The van der Waals surface area contributed by atoms with Gasteiger partial charge in [0.05, 0.1) is 35.9 Å². The van der Waals surface area contributed by atoms with Crippen LogP contribution in [0, 0.1) is 6.92 Å². The molecule has 0 saturated carbocycles. The number of hydrogen-bond acceptors (Lipinski definition) is 8. The van der Waals surface area contributed by atoms with Gasteiger partial charge in [0, 0.05) is 25.3 Å². The summed E-state index contributed by atoms with van der Waals surface area (Å²) in [6, 6.07) is 4.21. The Morgan fingerprint density at radius 3 is 2.51 bits per heavy atom. The summed E-state index contributed by atoms with van der Waals surface area (Å²) in [6.45, 7) is 3.59. The summed E-state index contributed by atoms with van der Waals surface area (Å²) < 4.78 is 51.2. The Kier molecular flexibility index (Phi) is 6.68. The van der Waals surface area contributed by atoms with E-state index in [1.54, 1.807) is 54.0 Å². The molecule has 0 atom stereocenters. The van der Waals surface area contributed by atoms with Crippen molar-refractivity contribution in [2.24, 2.45) is 7.05 Å². The van der Waals surface area contributed by atoms with Crippen molar-refractivity contribution in [2.45, 2.75) is 31.9 Å². The first-order valence-corrected chi connectivity index (χ1v) is 13.3. The maximum absolute atomic E-state index is 13.9. The third kappa shape index (κ3) is 5.12. The molecule has 41 heavy (non-hydrogen) atoms. The van der Waals surface area contributed by atoms with Gasteiger partial charge >= 0.3 is 6.18 Å². The van der Waals surface area contributed by atoms with Crippen LogP contribution in [0.1, 0.15) is 35.4 Å². The van der Waals surface area contributed by atoms with Crippen LogP contribution < -0.4 is 15.4 Å². The topological polar surface area (TPSA) is 97.4 Å². The lowest BCUT2D eigenvalue weighted by Crippen LogP contribution is -2.29. The maximum atomic E-state index is 13.9. The van der Waals surface area contributed by atoms with Crippen LogP contribution in [0.2, 0.25) is 0 Å². The average molecular weight is 566 g/mol. The molecule has 0 unspecified atom stereocenters. The number of rotatable bonds is 6. The fourth-order valence-corrected chi connectivity index (χ4v) is 5.32. The van der Waals surface area contributed by atoms with Crippen LogP contribution in [0.25, 0.3) is 16.7 Å². The maximum Gasteiger partial charge on any atom is 0.416 e. The molecule has 0 bridgehead atoms. The van der Waals surface area contributed by atoms with Crippen LogP contribution in [0.4, 0.5) is 30.6 Å². The van der Waals surface area contributed by atoms with Crippen molar-refractivity contribution >= 4 is 34.1 Å². The Bertz CT molecular complexity index is 1740. The lowest BCUT2D eigenvalue weighted by atomic mass is 9.88. The SMILES string of the molecule is CNc1cn2ncc(Oc3cnc4nc(Nc5cc(C6CCN(C)CC6)cc(C(F)(F)F)c5)n(C)c4c3C)c2cn1. The van der Waals surface area contributed by atoms with E-state index in [-0.39, 0.29) is 5.92 Å². The van der Waals surface area contributed by atoms with E-state index in [1.165, 1.54) is 6.07 Å². The summed E-state index contributed by atoms with van der Waals surface area (Å²) in [5.41, 5.74) is 2.94. The van der Waals surface area contributed by atoms with E-state index in [0.29, 0.717) is 51.2 Å². The standard InChI is InChI=1S/C28H30F3N9O/c1-16-22(41-23-14-35-40-15-24(32-2)33-12-21(23)40)13-34-26-25(16)39(4)27(37-26)36-20-10-18(9-19(11-20)28(29,30)31)17-5-7-38(3)8-6-17/h9-15,17,32H,5-8H2,1-4H3,(H,34,36,37). The zero-order chi connectivity index (χ0) is 28.9. The number of pyridine rings is 1. The quantitative estimate of drug-likeness (QED) is 0.270. The Labute approximate surface area is 234 Å². The van der Waals surface area contributed by atoms with Gasteiger partial charge in [-0.15, -0.1) is 0 Å². The summed E-state index contributed by atoms with van der Waals surface area (Å²) in [7, 11) is 5.60. The number of fused-ring (bicyclic) bond motifs is 2. The smallest absolute Gasteiger partial charge is 0.416 e. The molecule has 6 rings (SSSR count). The van der Waals surface area contributed by atoms with E-state index in [2.05, 4.69) is 35.6 Å². The first-order chi connectivity index (χ1) is 19.6. The van der Waals surface area contributed by atoms with E-state index in [0.717, 1.165) is 37.6 Å². The highest BCUT2D eigenvalue weighted by molar-refractivity contribution is 5.81. The van der Waals surface area contributed by atoms with Crippen LogP contribution >= 0.6 is 0 Å². The number of likely N-dealkylation sites (tertiary alicyclic amines) is 1. The van der Waals surface area contributed by atoms with Gasteiger partial charge in [-0.05, 0) is 69.6 Å². The molecule has 214 valence electrons. The second-order valence-corrected chi connectivity index (χ2v) is 10.4. The predicted molar refractivity (Wildman–Crippen MR) is 150 cm³/mol. The molecule has 10 nitrogen and oxygen atoms in total. The third-order valence-electron chi connectivity index (χ3n) is 7.68. The molecule has 1 saturated heterocycles. The second-order valence-electron chi connectivity index (χ2n) is 10.4. The first-order valence-electron chi connectivity index (χ1n) is 13.3. The van der Waals surface area contributed by atoms with Crippen molar-refractivity contribution < 1.29 is 17.9 Å². The molecule has 5 aromatic rings. The summed E-state index contributed by atoms with van der Waals surface area (Å²) in [5, 5.41) is 10.4. The summed E-state index contributed by atoms with van der Waals surface area (Å²) in [4.78, 5) is 15.6. The number of benzene rings is 1. The molecule has 5 heterocycles. The van der Waals surface area contributed by atoms with Gasteiger partial charge in [0.15, 0.2) is 17.1 Å². The Hall–Kier alpha value is -4.39. The minimum Gasteiger partial charge on any atom is -0.451 e. The van der Waals surface area contributed by atoms with Crippen molar-refractivity contribution in [3.63, 3.8) is 0 Å². The van der Waals surface area contributed by atoms with Gasteiger partial charge in [-0.3, -0.25) is 0 Å². The lowest BCUT2D eigenvalue weighted by Gasteiger charge is -2.29. The molecule has 1 aliphatic rings. The fourth-order valence-electron chi connectivity index (χ4n) is 5.32. The summed E-state index contributed by atoms with van der Waals surface area (Å²) in [6.07, 6.45) is 3.76. The van der Waals surface area contributed by atoms with Crippen molar-refractivity contribution in [3.05, 3.63) is 59.7 Å². The molecule has 0 radical (unpaired) electrons. The minimum absolute atomic E-state index is 0.0676. The number of hydrogen-bond donors (Lipinski definition) is 2. The van der Waals surface area contributed by atoms with E-state index in [9.17, 15) is 13.2 Å². The van der Waals surface area contributed by atoms with Crippen LogP contribution in [-0.2, 0) is 13.2 Å². The normalized spacial score (nSPS) is 15.1. The van der Waals surface area contributed by atoms with Gasteiger partial charge < -0.3 is 24.8 Å². The average Bonchev–Trinajstić information content (AvgIpc) is 3.50. The summed E-state index contributed by atoms with van der Waals surface area (Å²) >= 11 is 0. The molecular weight excluding hydrogens is 535 g/mol. The molecule has 0 spiro atoms. The molecule has 2 N–H and O–H groups in total. The Morgan fingerprint density at radius 2 is 1.78 bits per heavy atom. The molecule has 0 amide bonds. The molecule has 1 aliphatic heterocycles. The van der Waals surface area contributed by atoms with Gasteiger partial charge in [-0.25, -0.2) is 14.5 Å². The number of ether oxygens (including phenoxy) is 1. The van der Waals surface area contributed by atoms with Gasteiger partial charge in [0.25, 0.3) is 0 Å². The van der Waals surface area contributed by atoms with Gasteiger partial charge in [-0.2, -0.15) is 23.3 Å². The molecule has 0 aliphatic carbocycles. The third-order valence-corrected chi connectivity index (χ3v) is 7.68. The number of nitrogens with zero attached hydrogens (tertiary/aromatic N) is 7. The monoisotopic (exact) mass is 565 g/mol. The van der Waals surface area contributed by atoms with Crippen molar-refractivity contribution in [1.82, 2.24) is 34.0 Å². The van der Waals surface area contributed by atoms with Crippen LogP contribution in [0.3, 0.4) is 0 Å². The largest absolute Gasteiger partial charge is 0.451 e. The van der Waals surface area contributed by atoms with Gasteiger partial charge in [0.1, 0.15) is 11.3 Å². The number of nitrogens with one attached hydrogen (secondary N) is 2. The van der Waals surface area contributed by atoms with Crippen LogP contribution in [0.15, 0.2) is 43.0 Å². The number of anilines is 3. The second kappa shape index (κ2) is 10.2. The predicted octanol–water partition coefficient (Wildman–Crippen LogP) is 5.73. The molecule has 1 fully saturated rings. The molecular formula is C28H30F3N9O. The van der Waals surface area contributed by atoms with Gasteiger partial charge in [-0.1, -0.05) is 0 Å². The number of aryl methyl sites for hydroxylation is 2. The summed E-state index contributed by atoms with van der Waals surface area (Å²) in [5.74, 6) is 2.12. The van der Waals surface area contributed by atoms with Crippen molar-refractivity contribution in [2.75, 3.05) is 37.8 Å².